The number of ether oxygens (including phenoxy) is 3. The summed E-state index contributed by atoms with van der Waals surface area (Å²) in [5.41, 5.74) is -0.482. The van der Waals surface area contributed by atoms with Crippen molar-refractivity contribution in [1.82, 2.24) is 10.6 Å². The fourth-order valence-corrected chi connectivity index (χ4v) is 2.97. The summed E-state index contributed by atoms with van der Waals surface area (Å²) in [5.74, 6) is -1.23. The summed E-state index contributed by atoms with van der Waals surface area (Å²) in [4.78, 5) is 37.8. The van der Waals surface area contributed by atoms with E-state index in [9.17, 15) is 14.4 Å². The number of alkyl carbamates (subject to hydrolysis) is 1. The van der Waals surface area contributed by atoms with Crippen LogP contribution in [0.15, 0.2) is 30.3 Å². The van der Waals surface area contributed by atoms with E-state index in [1.807, 2.05) is 51.1 Å². The maximum atomic E-state index is 12.8. The topological polar surface area (TPSA) is 103 Å². The second kappa shape index (κ2) is 12.1. The number of carbonyl (C=O) groups excluding carboxylic acids is 3. The Labute approximate surface area is 196 Å². The molecule has 32 heavy (non-hydrogen) atoms. The second-order valence-corrected chi connectivity index (χ2v) is 9.76. The van der Waals surface area contributed by atoms with Gasteiger partial charge in [0.05, 0.1) is 11.7 Å². The largest absolute Gasteiger partial charge is 0.458 e. The Morgan fingerprint density at radius 2 is 1.56 bits per heavy atom. The summed E-state index contributed by atoms with van der Waals surface area (Å²) in [6, 6.07) is 7.06. The number of hydrogen-bond acceptors (Lipinski definition) is 7. The second-order valence-electron chi connectivity index (χ2n) is 9.40. The lowest BCUT2D eigenvalue weighted by molar-refractivity contribution is -0.166. The predicted molar refractivity (Wildman–Crippen MR) is 125 cm³/mol. The predicted octanol–water partition coefficient (Wildman–Crippen LogP) is 3.24. The lowest BCUT2D eigenvalue weighted by atomic mass is 10.1. The molecule has 2 N–H and O–H groups in total. The highest BCUT2D eigenvalue weighted by atomic mass is 32.1. The van der Waals surface area contributed by atoms with Crippen LogP contribution in [-0.4, -0.2) is 53.1 Å². The Balaban J connectivity index is 2.82. The maximum absolute atomic E-state index is 12.8. The van der Waals surface area contributed by atoms with E-state index >= 15 is 0 Å². The van der Waals surface area contributed by atoms with Crippen LogP contribution in [-0.2, 0) is 30.4 Å². The number of thiol groups is 1. The van der Waals surface area contributed by atoms with Gasteiger partial charge >= 0.3 is 12.1 Å². The number of benzene rings is 1. The summed E-state index contributed by atoms with van der Waals surface area (Å²) in [7, 11) is 0. The van der Waals surface area contributed by atoms with Crippen LogP contribution in [0.4, 0.5) is 4.79 Å². The number of nitrogens with one attached hydrogen (secondary N) is 2. The van der Waals surface area contributed by atoms with Gasteiger partial charge in [-0.3, -0.25) is 4.79 Å². The standard InChI is InChI=1S/C23H36N2O6S/c1-15(30-22(2,3)4)18(20(27)31-23(5,6)7)25-19(26)17(14-32)24-21(28)29-13-16-11-9-8-10-12-16/h8-12,15,17-18,32H,13-14H2,1-7H3,(H,24,28)(H,25,26)/t15?,17-,18-/m0/s1. The highest BCUT2D eigenvalue weighted by Crippen LogP contribution is 2.16. The van der Waals surface area contributed by atoms with Crippen molar-refractivity contribution in [2.45, 2.75) is 84.5 Å². The van der Waals surface area contributed by atoms with E-state index in [1.165, 1.54) is 0 Å². The normalized spacial score (nSPS) is 14.6. The van der Waals surface area contributed by atoms with Crippen LogP contribution in [0.2, 0.25) is 0 Å². The first-order valence-electron chi connectivity index (χ1n) is 10.5. The molecular formula is C23H36N2O6S. The molecule has 1 rings (SSSR count). The quantitative estimate of drug-likeness (QED) is 0.380. The summed E-state index contributed by atoms with van der Waals surface area (Å²) in [6.45, 7) is 12.5. The Morgan fingerprint density at radius 1 is 0.969 bits per heavy atom. The minimum atomic E-state index is -1.08. The van der Waals surface area contributed by atoms with Gasteiger partial charge in [-0.2, -0.15) is 12.6 Å². The molecule has 0 aliphatic carbocycles. The van der Waals surface area contributed by atoms with Crippen molar-refractivity contribution < 1.29 is 28.6 Å². The molecule has 0 fully saturated rings. The first-order chi connectivity index (χ1) is 14.7. The van der Waals surface area contributed by atoms with Crippen LogP contribution < -0.4 is 10.6 Å². The minimum absolute atomic E-state index is 0.00180. The Bertz CT molecular complexity index is 758. The van der Waals surface area contributed by atoms with Gasteiger partial charge in [-0.05, 0) is 54.0 Å². The third-order valence-corrected chi connectivity index (χ3v) is 4.34. The molecule has 0 aromatic heterocycles. The highest BCUT2D eigenvalue weighted by Gasteiger charge is 2.35. The van der Waals surface area contributed by atoms with Gasteiger partial charge in [-0.1, -0.05) is 30.3 Å². The number of rotatable bonds is 9. The monoisotopic (exact) mass is 468 g/mol. The van der Waals surface area contributed by atoms with E-state index in [4.69, 9.17) is 14.2 Å². The van der Waals surface area contributed by atoms with Crippen molar-refractivity contribution in [3.05, 3.63) is 35.9 Å². The molecule has 180 valence electrons. The van der Waals surface area contributed by atoms with Gasteiger partial charge in [-0.15, -0.1) is 0 Å². The summed E-state index contributed by atoms with van der Waals surface area (Å²) >= 11 is 4.15. The van der Waals surface area contributed by atoms with Crippen molar-refractivity contribution >= 4 is 30.6 Å². The Morgan fingerprint density at radius 3 is 2.06 bits per heavy atom. The zero-order chi connectivity index (χ0) is 24.5. The Kier molecular flexibility index (Phi) is 10.5. The van der Waals surface area contributed by atoms with E-state index in [1.54, 1.807) is 27.7 Å². The van der Waals surface area contributed by atoms with Crippen LogP contribution in [0.1, 0.15) is 54.0 Å². The molecule has 0 saturated carbocycles. The van der Waals surface area contributed by atoms with E-state index < -0.39 is 47.4 Å². The van der Waals surface area contributed by atoms with Crippen LogP contribution >= 0.6 is 12.6 Å². The van der Waals surface area contributed by atoms with Crippen LogP contribution in [0, 0.1) is 0 Å². The first-order valence-corrected chi connectivity index (χ1v) is 11.1. The van der Waals surface area contributed by atoms with E-state index in [0.29, 0.717) is 0 Å². The number of amides is 2. The fourth-order valence-electron chi connectivity index (χ4n) is 2.71. The van der Waals surface area contributed by atoms with Gasteiger partial charge in [-0.25, -0.2) is 9.59 Å². The average Bonchev–Trinajstić information content (AvgIpc) is 2.66. The maximum Gasteiger partial charge on any atom is 0.408 e. The summed E-state index contributed by atoms with van der Waals surface area (Å²) < 4.78 is 16.5. The van der Waals surface area contributed by atoms with E-state index in [2.05, 4.69) is 23.3 Å². The Hall–Kier alpha value is -2.26. The molecule has 1 aromatic carbocycles. The van der Waals surface area contributed by atoms with Gasteiger partial charge < -0.3 is 24.8 Å². The molecule has 3 atom stereocenters. The summed E-state index contributed by atoms with van der Waals surface area (Å²) in [6.07, 6.45) is -1.45. The SMILES string of the molecule is CC(OC(C)(C)C)[C@H](NC(=O)[C@H](CS)NC(=O)OCc1ccccc1)C(=O)OC(C)(C)C. The van der Waals surface area contributed by atoms with Gasteiger partial charge in [0.1, 0.15) is 18.2 Å². The highest BCUT2D eigenvalue weighted by molar-refractivity contribution is 7.80. The van der Waals surface area contributed by atoms with E-state index in [0.717, 1.165) is 5.56 Å². The molecular weight excluding hydrogens is 432 g/mol. The van der Waals surface area contributed by atoms with Gasteiger partial charge in [0, 0.05) is 5.75 Å². The van der Waals surface area contributed by atoms with Crippen LogP contribution in [0.25, 0.3) is 0 Å². The third-order valence-electron chi connectivity index (χ3n) is 3.97. The molecule has 0 aliphatic rings. The van der Waals surface area contributed by atoms with E-state index in [-0.39, 0.29) is 12.4 Å². The van der Waals surface area contributed by atoms with Crippen molar-refractivity contribution in [3.63, 3.8) is 0 Å². The summed E-state index contributed by atoms with van der Waals surface area (Å²) in [5, 5.41) is 5.11. The zero-order valence-corrected chi connectivity index (χ0v) is 20.8. The number of carbonyl (C=O) groups is 3. The van der Waals surface area contributed by atoms with Crippen LogP contribution in [0.3, 0.4) is 0 Å². The van der Waals surface area contributed by atoms with Crippen LogP contribution in [0.5, 0.6) is 0 Å². The van der Waals surface area contributed by atoms with Crippen molar-refractivity contribution in [1.29, 1.82) is 0 Å². The van der Waals surface area contributed by atoms with Crippen molar-refractivity contribution in [2.75, 3.05) is 5.75 Å². The number of esters is 1. The lowest BCUT2D eigenvalue weighted by Crippen LogP contribution is -2.57. The fraction of sp³-hybridized carbons (Fsp3) is 0.609. The first kappa shape index (κ1) is 27.8. The molecule has 0 spiro atoms. The van der Waals surface area contributed by atoms with Gasteiger partial charge in [0.2, 0.25) is 5.91 Å². The number of hydrogen-bond donors (Lipinski definition) is 3. The molecule has 8 nitrogen and oxygen atoms in total. The van der Waals surface area contributed by atoms with Gasteiger partial charge in [0.25, 0.3) is 0 Å². The molecule has 0 saturated heterocycles. The van der Waals surface area contributed by atoms with Crippen molar-refractivity contribution in [3.8, 4) is 0 Å². The van der Waals surface area contributed by atoms with Gasteiger partial charge in [0.15, 0.2) is 6.04 Å². The molecule has 0 aliphatic heterocycles. The molecule has 9 heteroatoms. The van der Waals surface area contributed by atoms with Crippen molar-refractivity contribution in [2.24, 2.45) is 0 Å². The zero-order valence-electron chi connectivity index (χ0n) is 19.9. The molecule has 2 amide bonds. The molecule has 1 unspecified atom stereocenters. The molecule has 1 aromatic rings. The molecule has 0 radical (unpaired) electrons. The molecule has 0 heterocycles. The third kappa shape index (κ3) is 10.9. The smallest absolute Gasteiger partial charge is 0.408 e. The lowest BCUT2D eigenvalue weighted by Gasteiger charge is -2.32. The average molecular weight is 469 g/mol. The minimum Gasteiger partial charge on any atom is -0.458 e. The molecule has 0 bridgehead atoms.